The summed E-state index contributed by atoms with van der Waals surface area (Å²) in [5, 5.41) is 3.54. The van der Waals surface area contributed by atoms with Crippen molar-refractivity contribution < 1.29 is 4.74 Å². The topological polar surface area (TPSA) is 21.3 Å². The Morgan fingerprint density at radius 1 is 1.33 bits per heavy atom. The molecule has 2 fully saturated rings. The molecule has 0 bridgehead atoms. The van der Waals surface area contributed by atoms with Gasteiger partial charge in [-0.25, -0.2) is 0 Å². The maximum absolute atomic E-state index is 5.42. The van der Waals surface area contributed by atoms with E-state index < -0.39 is 0 Å². The maximum Gasteiger partial charge on any atom is 0.0468 e. The van der Waals surface area contributed by atoms with Crippen molar-refractivity contribution in [3.63, 3.8) is 0 Å². The molecule has 0 saturated carbocycles. The molecule has 2 aliphatic rings. The van der Waals surface area contributed by atoms with E-state index >= 15 is 0 Å². The van der Waals surface area contributed by atoms with Crippen LogP contribution < -0.4 is 5.32 Å². The summed E-state index contributed by atoms with van der Waals surface area (Å²) < 4.78 is 5.42. The van der Waals surface area contributed by atoms with E-state index in [-0.39, 0.29) is 0 Å². The van der Waals surface area contributed by atoms with Crippen LogP contribution in [0.25, 0.3) is 0 Å². The summed E-state index contributed by atoms with van der Waals surface area (Å²) in [5.74, 6) is 4.57. The molecule has 2 rings (SSSR count). The smallest absolute Gasteiger partial charge is 0.0468 e. The first-order valence-corrected chi connectivity index (χ1v) is 7.38. The normalized spacial score (nSPS) is 30.6. The Hall–Kier alpha value is 0.270. The molecule has 2 heterocycles. The summed E-state index contributed by atoms with van der Waals surface area (Å²) >= 11 is 2.12. The minimum atomic E-state index is 0.753. The van der Waals surface area contributed by atoms with Crippen molar-refractivity contribution >= 4 is 11.8 Å². The molecule has 2 aliphatic heterocycles. The summed E-state index contributed by atoms with van der Waals surface area (Å²) in [6.45, 7) is 1.97. The van der Waals surface area contributed by atoms with Gasteiger partial charge in [0.2, 0.25) is 0 Å². The van der Waals surface area contributed by atoms with E-state index in [9.17, 15) is 0 Å². The molecule has 2 nitrogen and oxygen atoms in total. The molecule has 2 unspecified atom stereocenters. The third-order valence-corrected chi connectivity index (χ3v) is 5.02. The minimum absolute atomic E-state index is 0.753. The van der Waals surface area contributed by atoms with Crippen LogP contribution in [0.15, 0.2) is 0 Å². The Morgan fingerprint density at radius 3 is 2.73 bits per heavy atom. The van der Waals surface area contributed by atoms with Gasteiger partial charge in [-0.1, -0.05) is 0 Å². The Labute approximate surface area is 97.5 Å². The van der Waals surface area contributed by atoms with Crippen LogP contribution >= 0.6 is 11.8 Å². The summed E-state index contributed by atoms with van der Waals surface area (Å²) in [6, 6.07) is 0.753. The summed E-state index contributed by atoms with van der Waals surface area (Å²) in [7, 11) is 2.13. The SMILES string of the molecule is CNC(CC1CCOCC1)C1CCSC1. The second-order valence-electron chi connectivity index (χ2n) is 4.81. The molecule has 0 aliphatic carbocycles. The van der Waals surface area contributed by atoms with Crippen LogP contribution in [0.1, 0.15) is 25.7 Å². The highest BCUT2D eigenvalue weighted by Crippen LogP contribution is 2.30. The summed E-state index contributed by atoms with van der Waals surface area (Å²) in [4.78, 5) is 0. The molecule has 0 spiro atoms. The standard InChI is InChI=1S/C12H23NOS/c1-13-12(11-4-7-15-9-11)8-10-2-5-14-6-3-10/h10-13H,2-9H2,1H3. The fourth-order valence-corrected chi connectivity index (χ4v) is 4.10. The van der Waals surface area contributed by atoms with E-state index in [4.69, 9.17) is 4.74 Å². The Morgan fingerprint density at radius 2 is 2.13 bits per heavy atom. The van der Waals surface area contributed by atoms with Crippen LogP contribution in [-0.2, 0) is 4.74 Å². The zero-order chi connectivity index (χ0) is 10.5. The average molecular weight is 229 g/mol. The van der Waals surface area contributed by atoms with Crippen molar-refractivity contribution in [3.05, 3.63) is 0 Å². The van der Waals surface area contributed by atoms with Gasteiger partial charge < -0.3 is 10.1 Å². The summed E-state index contributed by atoms with van der Waals surface area (Å²) in [6.07, 6.45) is 5.33. The van der Waals surface area contributed by atoms with Crippen LogP contribution in [0.5, 0.6) is 0 Å². The number of thioether (sulfide) groups is 1. The molecule has 15 heavy (non-hydrogen) atoms. The lowest BCUT2D eigenvalue weighted by atomic mass is 9.86. The number of hydrogen-bond donors (Lipinski definition) is 1. The lowest BCUT2D eigenvalue weighted by Gasteiger charge is -2.29. The van der Waals surface area contributed by atoms with E-state index in [0.29, 0.717) is 0 Å². The third-order valence-electron chi connectivity index (χ3n) is 3.83. The van der Waals surface area contributed by atoms with Crippen molar-refractivity contribution in [2.75, 3.05) is 31.8 Å². The fraction of sp³-hybridized carbons (Fsp3) is 1.00. The number of ether oxygens (including phenoxy) is 1. The first kappa shape index (κ1) is 11.7. The van der Waals surface area contributed by atoms with Gasteiger partial charge in [-0.15, -0.1) is 0 Å². The zero-order valence-corrected chi connectivity index (χ0v) is 10.5. The van der Waals surface area contributed by atoms with Gasteiger partial charge in [-0.2, -0.15) is 11.8 Å². The van der Waals surface area contributed by atoms with Gasteiger partial charge in [0.05, 0.1) is 0 Å². The van der Waals surface area contributed by atoms with Crippen LogP contribution in [0.4, 0.5) is 0 Å². The van der Waals surface area contributed by atoms with Gasteiger partial charge in [-0.3, -0.25) is 0 Å². The highest BCUT2D eigenvalue weighted by molar-refractivity contribution is 7.99. The molecule has 0 aromatic rings. The van der Waals surface area contributed by atoms with Crippen LogP contribution in [0.3, 0.4) is 0 Å². The molecule has 1 N–H and O–H groups in total. The van der Waals surface area contributed by atoms with Gasteiger partial charge in [-0.05, 0) is 56.1 Å². The van der Waals surface area contributed by atoms with Crippen LogP contribution in [0, 0.1) is 11.8 Å². The zero-order valence-electron chi connectivity index (χ0n) is 9.71. The second kappa shape index (κ2) is 6.12. The molecule has 0 aromatic heterocycles. The first-order valence-electron chi connectivity index (χ1n) is 6.23. The lowest BCUT2D eigenvalue weighted by Crippen LogP contribution is -2.36. The third kappa shape index (κ3) is 3.36. The van der Waals surface area contributed by atoms with Crippen molar-refractivity contribution in [3.8, 4) is 0 Å². The molecule has 0 aromatic carbocycles. The second-order valence-corrected chi connectivity index (χ2v) is 5.96. The van der Waals surface area contributed by atoms with Crippen LogP contribution in [0.2, 0.25) is 0 Å². The molecule has 0 radical (unpaired) electrons. The predicted molar refractivity (Wildman–Crippen MR) is 66.4 cm³/mol. The maximum atomic E-state index is 5.42. The summed E-state index contributed by atoms with van der Waals surface area (Å²) in [5.41, 5.74) is 0. The Balaban J connectivity index is 1.78. The highest BCUT2D eigenvalue weighted by Gasteiger charge is 2.27. The van der Waals surface area contributed by atoms with E-state index in [2.05, 4.69) is 24.1 Å². The Kier molecular flexibility index (Phi) is 4.79. The van der Waals surface area contributed by atoms with Gasteiger partial charge in [0, 0.05) is 19.3 Å². The quantitative estimate of drug-likeness (QED) is 0.798. The van der Waals surface area contributed by atoms with E-state index in [0.717, 1.165) is 31.1 Å². The van der Waals surface area contributed by atoms with E-state index in [1.54, 1.807) is 0 Å². The van der Waals surface area contributed by atoms with Gasteiger partial charge in [0.1, 0.15) is 0 Å². The number of rotatable bonds is 4. The highest BCUT2D eigenvalue weighted by atomic mass is 32.2. The van der Waals surface area contributed by atoms with Crippen LogP contribution in [-0.4, -0.2) is 37.8 Å². The van der Waals surface area contributed by atoms with Gasteiger partial charge >= 0.3 is 0 Å². The lowest BCUT2D eigenvalue weighted by molar-refractivity contribution is 0.0587. The average Bonchev–Trinajstić information content (AvgIpc) is 2.81. The molecule has 0 amide bonds. The van der Waals surface area contributed by atoms with Crippen molar-refractivity contribution in [1.82, 2.24) is 5.32 Å². The molecular formula is C12H23NOS. The van der Waals surface area contributed by atoms with E-state index in [1.165, 1.54) is 37.2 Å². The fourth-order valence-electron chi connectivity index (χ4n) is 2.76. The molecule has 88 valence electrons. The minimum Gasteiger partial charge on any atom is -0.381 e. The van der Waals surface area contributed by atoms with Crippen molar-refractivity contribution in [2.45, 2.75) is 31.7 Å². The van der Waals surface area contributed by atoms with Crippen molar-refractivity contribution in [2.24, 2.45) is 11.8 Å². The number of hydrogen-bond acceptors (Lipinski definition) is 3. The molecular weight excluding hydrogens is 206 g/mol. The number of nitrogens with one attached hydrogen (secondary N) is 1. The molecule has 2 saturated heterocycles. The van der Waals surface area contributed by atoms with Gasteiger partial charge in [0.25, 0.3) is 0 Å². The van der Waals surface area contributed by atoms with E-state index in [1.807, 2.05) is 0 Å². The van der Waals surface area contributed by atoms with Crippen molar-refractivity contribution in [1.29, 1.82) is 0 Å². The first-order chi connectivity index (χ1) is 7.40. The monoisotopic (exact) mass is 229 g/mol. The predicted octanol–water partition coefficient (Wildman–Crippen LogP) is 2.14. The molecule has 2 atom stereocenters. The largest absolute Gasteiger partial charge is 0.381 e. The molecule has 3 heteroatoms. The van der Waals surface area contributed by atoms with Gasteiger partial charge in [0.15, 0.2) is 0 Å². The Bertz CT molecular complexity index is 176.